The Labute approximate surface area is 121 Å². The molecule has 2 rings (SSSR count). The molecule has 2 amide bonds. The van der Waals surface area contributed by atoms with Gasteiger partial charge in [0.05, 0.1) is 13.1 Å². The first-order valence-corrected chi connectivity index (χ1v) is 6.32. The van der Waals surface area contributed by atoms with Gasteiger partial charge in [-0.3, -0.25) is 9.59 Å². The fraction of sp³-hybridized carbons (Fsp3) is 0.214. The van der Waals surface area contributed by atoms with Gasteiger partial charge in [0.2, 0.25) is 5.91 Å². The third kappa shape index (κ3) is 4.13. The van der Waals surface area contributed by atoms with Gasteiger partial charge in [0.25, 0.3) is 5.91 Å². The highest BCUT2D eigenvalue weighted by Crippen LogP contribution is 2.03. The summed E-state index contributed by atoms with van der Waals surface area (Å²) in [5.74, 6) is -0.600. The summed E-state index contributed by atoms with van der Waals surface area (Å²) in [5, 5.41) is 2.46. The van der Waals surface area contributed by atoms with Crippen molar-refractivity contribution < 1.29 is 14.0 Å². The first-order valence-electron chi connectivity index (χ1n) is 6.32. The standard InChI is InChI=1S/C14H15FN4O2/c1-19(9-12-16-5-6-17-12)13(20)8-18-14(21)10-3-2-4-11(15)7-10/h2-7H,8-9H2,1H3,(H,16,17)(H,18,21). The van der Waals surface area contributed by atoms with E-state index in [1.807, 2.05) is 0 Å². The second-order valence-electron chi connectivity index (χ2n) is 4.48. The Morgan fingerprint density at radius 1 is 1.43 bits per heavy atom. The van der Waals surface area contributed by atoms with Crippen molar-refractivity contribution in [1.82, 2.24) is 20.2 Å². The zero-order chi connectivity index (χ0) is 15.2. The smallest absolute Gasteiger partial charge is 0.251 e. The Hall–Kier alpha value is -2.70. The molecule has 7 heteroatoms. The molecule has 1 heterocycles. The Balaban J connectivity index is 1.84. The van der Waals surface area contributed by atoms with Gasteiger partial charge in [-0.2, -0.15) is 0 Å². The lowest BCUT2D eigenvalue weighted by molar-refractivity contribution is -0.129. The zero-order valence-electron chi connectivity index (χ0n) is 11.5. The average molecular weight is 290 g/mol. The molecule has 0 unspecified atom stereocenters. The molecule has 0 radical (unpaired) electrons. The van der Waals surface area contributed by atoms with Crippen molar-refractivity contribution in [2.45, 2.75) is 6.54 Å². The maximum Gasteiger partial charge on any atom is 0.251 e. The lowest BCUT2D eigenvalue weighted by atomic mass is 10.2. The number of benzene rings is 1. The van der Waals surface area contributed by atoms with Gasteiger partial charge >= 0.3 is 0 Å². The summed E-state index contributed by atoms with van der Waals surface area (Å²) >= 11 is 0. The summed E-state index contributed by atoms with van der Waals surface area (Å²) in [4.78, 5) is 32.0. The van der Waals surface area contributed by atoms with E-state index in [0.29, 0.717) is 12.4 Å². The molecule has 0 fully saturated rings. The van der Waals surface area contributed by atoms with Gasteiger partial charge in [-0.1, -0.05) is 6.07 Å². The molecule has 0 aliphatic carbocycles. The molecule has 21 heavy (non-hydrogen) atoms. The molecule has 1 aromatic heterocycles. The van der Waals surface area contributed by atoms with Crippen LogP contribution >= 0.6 is 0 Å². The molecule has 0 saturated heterocycles. The minimum absolute atomic E-state index is 0.160. The topological polar surface area (TPSA) is 78.1 Å². The van der Waals surface area contributed by atoms with Crippen molar-refractivity contribution >= 4 is 11.8 Å². The third-order valence-electron chi connectivity index (χ3n) is 2.85. The third-order valence-corrected chi connectivity index (χ3v) is 2.85. The van der Waals surface area contributed by atoms with Gasteiger partial charge in [0, 0.05) is 25.0 Å². The SMILES string of the molecule is CN(Cc1ncc[nH]1)C(=O)CNC(=O)c1cccc(F)c1. The number of aromatic amines is 1. The number of likely N-dealkylation sites (N-methyl/N-ethyl adjacent to an activating group) is 1. The molecule has 0 atom stereocenters. The summed E-state index contributed by atoms with van der Waals surface area (Å²) < 4.78 is 13.0. The largest absolute Gasteiger partial charge is 0.347 e. The molecular formula is C14H15FN4O2. The number of carbonyl (C=O) groups excluding carboxylic acids is 2. The van der Waals surface area contributed by atoms with Gasteiger partial charge in [0.1, 0.15) is 11.6 Å². The van der Waals surface area contributed by atoms with E-state index in [4.69, 9.17) is 0 Å². The highest BCUT2D eigenvalue weighted by Gasteiger charge is 2.13. The summed E-state index contributed by atoms with van der Waals surface area (Å²) in [6.45, 7) is 0.161. The first-order chi connectivity index (χ1) is 10.1. The van der Waals surface area contributed by atoms with Crippen molar-refractivity contribution in [2.24, 2.45) is 0 Å². The molecule has 6 nitrogen and oxygen atoms in total. The van der Waals surface area contributed by atoms with Crippen molar-refractivity contribution in [3.05, 3.63) is 53.9 Å². The van der Waals surface area contributed by atoms with E-state index in [0.717, 1.165) is 6.07 Å². The van der Waals surface area contributed by atoms with Crippen molar-refractivity contribution in [3.8, 4) is 0 Å². The van der Waals surface area contributed by atoms with E-state index >= 15 is 0 Å². The minimum Gasteiger partial charge on any atom is -0.347 e. The van der Waals surface area contributed by atoms with Gasteiger partial charge in [-0.25, -0.2) is 9.37 Å². The number of imidazole rings is 1. The van der Waals surface area contributed by atoms with Crippen LogP contribution in [-0.4, -0.2) is 40.3 Å². The van der Waals surface area contributed by atoms with Crippen molar-refractivity contribution in [1.29, 1.82) is 0 Å². The maximum absolute atomic E-state index is 13.0. The number of hydrogen-bond donors (Lipinski definition) is 2. The normalized spacial score (nSPS) is 10.2. The van der Waals surface area contributed by atoms with E-state index in [1.165, 1.54) is 23.1 Å². The van der Waals surface area contributed by atoms with E-state index in [9.17, 15) is 14.0 Å². The van der Waals surface area contributed by atoms with Gasteiger partial charge < -0.3 is 15.2 Å². The number of H-pyrrole nitrogens is 1. The number of halogens is 1. The molecule has 2 N–H and O–H groups in total. The molecule has 0 aliphatic rings. The summed E-state index contributed by atoms with van der Waals surface area (Å²) in [7, 11) is 1.61. The fourth-order valence-electron chi connectivity index (χ4n) is 1.72. The van der Waals surface area contributed by atoms with Gasteiger partial charge in [0.15, 0.2) is 0 Å². The summed E-state index contributed by atoms with van der Waals surface area (Å²) in [6, 6.07) is 5.29. The lowest BCUT2D eigenvalue weighted by Gasteiger charge is -2.16. The second kappa shape index (κ2) is 6.65. The predicted octanol–water partition coefficient (Wildman–Crippen LogP) is 0.937. The Morgan fingerprint density at radius 2 is 2.24 bits per heavy atom. The average Bonchev–Trinajstić information content (AvgIpc) is 2.97. The Kier molecular flexibility index (Phi) is 4.65. The molecule has 2 aromatic rings. The molecule has 0 spiro atoms. The summed E-state index contributed by atoms with van der Waals surface area (Å²) in [6.07, 6.45) is 3.26. The molecule has 0 bridgehead atoms. The minimum atomic E-state index is -0.496. The number of aromatic nitrogens is 2. The first kappa shape index (κ1) is 14.7. The number of hydrogen-bond acceptors (Lipinski definition) is 3. The van der Waals surface area contributed by atoms with E-state index < -0.39 is 11.7 Å². The van der Waals surface area contributed by atoms with E-state index in [2.05, 4.69) is 15.3 Å². The van der Waals surface area contributed by atoms with Crippen LogP contribution in [0, 0.1) is 5.82 Å². The molecular weight excluding hydrogens is 275 g/mol. The highest BCUT2D eigenvalue weighted by atomic mass is 19.1. The monoisotopic (exact) mass is 290 g/mol. The molecule has 0 saturated carbocycles. The predicted molar refractivity (Wildman–Crippen MR) is 73.8 cm³/mol. The van der Waals surface area contributed by atoms with E-state index in [1.54, 1.807) is 19.4 Å². The van der Waals surface area contributed by atoms with Crippen LogP contribution in [0.5, 0.6) is 0 Å². The van der Waals surface area contributed by atoms with Gasteiger partial charge in [-0.15, -0.1) is 0 Å². The molecule has 0 aliphatic heterocycles. The second-order valence-corrected chi connectivity index (χ2v) is 4.48. The number of carbonyl (C=O) groups is 2. The fourth-order valence-corrected chi connectivity index (χ4v) is 1.72. The van der Waals surface area contributed by atoms with Gasteiger partial charge in [-0.05, 0) is 18.2 Å². The lowest BCUT2D eigenvalue weighted by Crippen LogP contribution is -2.38. The Bertz CT molecular complexity index is 628. The number of nitrogens with one attached hydrogen (secondary N) is 2. The van der Waals surface area contributed by atoms with Crippen molar-refractivity contribution in [2.75, 3.05) is 13.6 Å². The van der Waals surface area contributed by atoms with E-state index in [-0.39, 0.29) is 18.0 Å². The van der Waals surface area contributed by atoms with Crippen LogP contribution in [0.4, 0.5) is 4.39 Å². The highest BCUT2D eigenvalue weighted by molar-refractivity contribution is 5.96. The quantitative estimate of drug-likeness (QED) is 0.860. The van der Waals surface area contributed by atoms with Crippen molar-refractivity contribution in [3.63, 3.8) is 0 Å². The van der Waals surface area contributed by atoms with Crippen LogP contribution < -0.4 is 5.32 Å². The number of nitrogens with zero attached hydrogens (tertiary/aromatic N) is 2. The maximum atomic E-state index is 13.0. The number of rotatable bonds is 5. The molecule has 1 aromatic carbocycles. The van der Waals surface area contributed by atoms with Crippen LogP contribution in [0.25, 0.3) is 0 Å². The summed E-state index contributed by atoms with van der Waals surface area (Å²) in [5.41, 5.74) is 0.177. The van der Waals surface area contributed by atoms with Crippen LogP contribution in [0.2, 0.25) is 0 Å². The van der Waals surface area contributed by atoms with Crippen LogP contribution in [0.1, 0.15) is 16.2 Å². The van der Waals surface area contributed by atoms with Crippen LogP contribution in [0.15, 0.2) is 36.7 Å². The number of amides is 2. The Morgan fingerprint density at radius 3 is 2.90 bits per heavy atom. The van der Waals surface area contributed by atoms with Crippen LogP contribution in [0.3, 0.4) is 0 Å². The molecule has 110 valence electrons. The zero-order valence-corrected chi connectivity index (χ0v) is 11.5. The van der Waals surface area contributed by atoms with Crippen LogP contribution in [-0.2, 0) is 11.3 Å².